The van der Waals surface area contributed by atoms with Crippen molar-refractivity contribution in [3.8, 4) is 0 Å². The molecule has 0 aromatic heterocycles. The topological polar surface area (TPSA) is 21.3 Å². The average molecular weight is 211 g/mol. The number of anilines is 1. The van der Waals surface area contributed by atoms with Crippen LogP contribution in [0.2, 0.25) is 0 Å². The molecule has 0 unspecified atom stereocenters. The smallest absolute Gasteiger partial charge is 0.123 e. The van der Waals surface area contributed by atoms with Crippen molar-refractivity contribution in [2.45, 2.75) is 13.8 Å². The highest BCUT2D eigenvalue weighted by Crippen LogP contribution is 2.07. The molecule has 0 aliphatic rings. The summed E-state index contributed by atoms with van der Waals surface area (Å²) in [6, 6.07) is 6.32. The highest BCUT2D eigenvalue weighted by atomic mass is 19.1. The lowest BCUT2D eigenvalue weighted by Gasteiger charge is -2.08. The molecule has 1 N–H and O–H groups in total. The van der Waals surface area contributed by atoms with Gasteiger partial charge in [-0.15, -0.1) is 0 Å². The maximum atomic E-state index is 12.6. The zero-order valence-electron chi connectivity index (χ0n) is 9.29. The van der Waals surface area contributed by atoms with Gasteiger partial charge in [-0.2, -0.15) is 0 Å². The van der Waals surface area contributed by atoms with Crippen molar-refractivity contribution >= 4 is 5.69 Å². The first-order chi connectivity index (χ1) is 7.18. The molecule has 0 bridgehead atoms. The minimum absolute atomic E-state index is 0.211. The van der Waals surface area contributed by atoms with Gasteiger partial charge in [-0.05, 0) is 30.2 Å². The van der Waals surface area contributed by atoms with Gasteiger partial charge < -0.3 is 10.1 Å². The molecule has 1 aromatic rings. The number of hydrogen-bond acceptors (Lipinski definition) is 2. The van der Waals surface area contributed by atoms with Gasteiger partial charge in [-0.25, -0.2) is 4.39 Å². The second kappa shape index (κ2) is 6.40. The van der Waals surface area contributed by atoms with E-state index in [1.54, 1.807) is 12.1 Å². The Hall–Kier alpha value is -1.09. The SMILES string of the molecule is CC(C)COCCNc1ccc(F)cc1. The number of halogens is 1. The maximum absolute atomic E-state index is 12.6. The largest absolute Gasteiger partial charge is 0.383 e. The molecular weight excluding hydrogens is 193 g/mol. The van der Waals surface area contributed by atoms with Gasteiger partial charge in [0.05, 0.1) is 6.61 Å². The molecule has 0 fully saturated rings. The molecule has 1 rings (SSSR count). The molecule has 0 saturated heterocycles. The highest BCUT2D eigenvalue weighted by molar-refractivity contribution is 5.42. The van der Waals surface area contributed by atoms with Crippen LogP contribution in [-0.4, -0.2) is 19.8 Å². The van der Waals surface area contributed by atoms with Crippen molar-refractivity contribution in [3.05, 3.63) is 30.1 Å². The molecule has 84 valence electrons. The second-order valence-corrected chi connectivity index (χ2v) is 3.90. The van der Waals surface area contributed by atoms with Crippen molar-refractivity contribution in [2.75, 3.05) is 25.1 Å². The summed E-state index contributed by atoms with van der Waals surface area (Å²) < 4.78 is 18.0. The first-order valence-corrected chi connectivity index (χ1v) is 5.25. The van der Waals surface area contributed by atoms with Crippen LogP contribution in [0.5, 0.6) is 0 Å². The summed E-state index contributed by atoms with van der Waals surface area (Å²) in [4.78, 5) is 0. The summed E-state index contributed by atoms with van der Waals surface area (Å²) in [5.41, 5.74) is 0.921. The van der Waals surface area contributed by atoms with Crippen molar-refractivity contribution in [1.82, 2.24) is 0 Å². The van der Waals surface area contributed by atoms with Gasteiger partial charge in [-0.1, -0.05) is 13.8 Å². The van der Waals surface area contributed by atoms with E-state index < -0.39 is 0 Å². The van der Waals surface area contributed by atoms with Gasteiger partial charge in [0.15, 0.2) is 0 Å². The van der Waals surface area contributed by atoms with Gasteiger partial charge in [0.25, 0.3) is 0 Å². The minimum atomic E-state index is -0.211. The Balaban J connectivity index is 2.12. The van der Waals surface area contributed by atoms with Crippen LogP contribution in [0.1, 0.15) is 13.8 Å². The monoisotopic (exact) mass is 211 g/mol. The van der Waals surface area contributed by atoms with Gasteiger partial charge >= 0.3 is 0 Å². The van der Waals surface area contributed by atoms with E-state index >= 15 is 0 Å². The summed E-state index contributed by atoms with van der Waals surface area (Å²) in [5.74, 6) is 0.354. The van der Waals surface area contributed by atoms with E-state index in [4.69, 9.17) is 4.74 Å². The van der Waals surface area contributed by atoms with Crippen LogP contribution in [0.15, 0.2) is 24.3 Å². The summed E-state index contributed by atoms with van der Waals surface area (Å²) >= 11 is 0. The Bertz CT molecular complexity index is 271. The van der Waals surface area contributed by atoms with Crippen LogP contribution in [0.25, 0.3) is 0 Å². The van der Waals surface area contributed by atoms with Crippen molar-refractivity contribution in [2.24, 2.45) is 5.92 Å². The molecule has 0 aliphatic carbocycles. The standard InChI is InChI=1S/C12H18FNO/c1-10(2)9-15-8-7-14-12-5-3-11(13)4-6-12/h3-6,10,14H,7-9H2,1-2H3. The van der Waals surface area contributed by atoms with Crippen LogP contribution in [0.3, 0.4) is 0 Å². The summed E-state index contributed by atoms with van der Waals surface area (Å²) in [6.07, 6.45) is 0. The third-order valence-corrected chi connectivity index (χ3v) is 1.87. The molecule has 3 heteroatoms. The van der Waals surface area contributed by atoms with Crippen LogP contribution >= 0.6 is 0 Å². The molecule has 0 radical (unpaired) electrons. The van der Waals surface area contributed by atoms with Crippen LogP contribution < -0.4 is 5.32 Å². The number of hydrogen-bond donors (Lipinski definition) is 1. The molecule has 2 nitrogen and oxygen atoms in total. The molecule has 0 aliphatic heterocycles. The molecular formula is C12H18FNO. The summed E-state index contributed by atoms with van der Waals surface area (Å²) in [6.45, 7) is 6.44. The Kier molecular flexibility index (Phi) is 5.12. The number of nitrogens with one attached hydrogen (secondary N) is 1. The quantitative estimate of drug-likeness (QED) is 0.730. The van der Waals surface area contributed by atoms with Crippen molar-refractivity contribution in [3.63, 3.8) is 0 Å². The first kappa shape index (κ1) is 12.0. The van der Waals surface area contributed by atoms with Gasteiger partial charge in [0, 0.05) is 18.8 Å². The Morgan fingerprint density at radius 3 is 2.53 bits per heavy atom. The lowest BCUT2D eigenvalue weighted by atomic mass is 10.2. The molecule has 1 aromatic carbocycles. The van der Waals surface area contributed by atoms with Crippen LogP contribution in [0.4, 0.5) is 10.1 Å². The number of benzene rings is 1. The van der Waals surface area contributed by atoms with Crippen LogP contribution in [-0.2, 0) is 4.74 Å². The average Bonchev–Trinajstić information content (AvgIpc) is 2.20. The lowest BCUT2D eigenvalue weighted by Crippen LogP contribution is -2.12. The zero-order chi connectivity index (χ0) is 11.1. The van der Waals surface area contributed by atoms with E-state index in [-0.39, 0.29) is 5.82 Å². The van der Waals surface area contributed by atoms with Gasteiger partial charge in [0.2, 0.25) is 0 Å². The zero-order valence-corrected chi connectivity index (χ0v) is 9.29. The summed E-state index contributed by atoms with van der Waals surface area (Å²) in [7, 11) is 0. The van der Waals surface area contributed by atoms with E-state index in [1.807, 2.05) is 0 Å². The third-order valence-electron chi connectivity index (χ3n) is 1.87. The first-order valence-electron chi connectivity index (χ1n) is 5.25. The van der Waals surface area contributed by atoms with Crippen LogP contribution in [0, 0.1) is 11.7 Å². The van der Waals surface area contributed by atoms with Crippen molar-refractivity contribution < 1.29 is 9.13 Å². The predicted molar refractivity (Wildman–Crippen MR) is 60.5 cm³/mol. The Morgan fingerprint density at radius 2 is 1.93 bits per heavy atom. The van der Waals surface area contributed by atoms with E-state index in [0.29, 0.717) is 12.5 Å². The van der Waals surface area contributed by atoms with E-state index in [9.17, 15) is 4.39 Å². The highest BCUT2D eigenvalue weighted by Gasteiger charge is 1.94. The molecule has 0 spiro atoms. The van der Waals surface area contributed by atoms with Crippen molar-refractivity contribution in [1.29, 1.82) is 0 Å². The van der Waals surface area contributed by atoms with Gasteiger partial charge in [-0.3, -0.25) is 0 Å². The van der Waals surface area contributed by atoms with E-state index in [0.717, 1.165) is 18.8 Å². The predicted octanol–water partition coefficient (Wildman–Crippen LogP) is 2.91. The Labute approximate surface area is 90.4 Å². The molecule has 0 amide bonds. The third kappa shape index (κ3) is 5.37. The fourth-order valence-electron chi connectivity index (χ4n) is 1.15. The molecule has 15 heavy (non-hydrogen) atoms. The van der Waals surface area contributed by atoms with E-state index in [1.165, 1.54) is 12.1 Å². The molecule has 0 atom stereocenters. The normalized spacial score (nSPS) is 10.7. The lowest BCUT2D eigenvalue weighted by molar-refractivity contribution is 0.118. The number of ether oxygens (including phenoxy) is 1. The molecule has 0 saturated carbocycles. The fraction of sp³-hybridized carbons (Fsp3) is 0.500. The maximum Gasteiger partial charge on any atom is 0.123 e. The second-order valence-electron chi connectivity index (χ2n) is 3.90. The van der Waals surface area contributed by atoms with Gasteiger partial charge in [0.1, 0.15) is 5.82 Å². The molecule has 0 heterocycles. The summed E-state index contributed by atoms with van der Waals surface area (Å²) in [5, 5.41) is 3.15. The fourth-order valence-corrected chi connectivity index (χ4v) is 1.15. The Morgan fingerprint density at radius 1 is 1.27 bits per heavy atom. The number of rotatable bonds is 6. The van der Waals surface area contributed by atoms with E-state index in [2.05, 4.69) is 19.2 Å². The minimum Gasteiger partial charge on any atom is -0.383 e.